The number of benzene rings is 2. The van der Waals surface area contributed by atoms with Crippen LogP contribution in [0.1, 0.15) is 55.7 Å². The Labute approximate surface area is 200 Å². The van der Waals surface area contributed by atoms with Crippen LogP contribution in [0.5, 0.6) is 11.5 Å². The van der Waals surface area contributed by atoms with Gasteiger partial charge in [-0.3, -0.25) is 9.69 Å². The zero-order valence-corrected chi connectivity index (χ0v) is 20.3. The van der Waals surface area contributed by atoms with Gasteiger partial charge in [0.05, 0.1) is 11.5 Å². The maximum Gasteiger partial charge on any atom is 0.266 e. The molecule has 0 radical (unpaired) electrons. The molecular formula is C26H29NO3S2. The zero-order chi connectivity index (χ0) is 22.5. The normalized spacial score (nSPS) is 18.4. The largest absolute Gasteiger partial charge is 0.490 e. The predicted molar refractivity (Wildman–Crippen MR) is 135 cm³/mol. The molecular weight excluding hydrogens is 438 g/mol. The molecule has 1 amide bonds. The van der Waals surface area contributed by atoms with Gasteiger partial charge < -0.3 is 9.47 Å². The second-order valence-corrected chi connectivity index (χ2v) is 9.94. The molecule has 1 aliphatic carbocycles. The van der Waals surface area contributed by atoms with Crippen LogP contribution in [0.2, 0.25) is 0 Å². The smallest absolute Gasteiger partial charge is 0.266 e. The lowest BCUT2D eigenvalue weighted by Crippen LogP contribution is -2.39. The molecule has 1 saturated heterocycles. The van der Waals surface area contributed by atoms with Gasteiger partial charge >= 0.3 is 0 Å². The van der Waals surface area contributed by atoms with Crippen LogP contribution in [0.4, 0.5) is 0 Å². The minimum atomic E-state index is 0.0321. The molecule has 0 bridgehead atoms. The first-order chi connectivity index (χ1) is 15.5. The number of carbonyl (C=O) groups is 1. The predicted octanol–water partition coefficient (Wildman–Crippen LogP) is 6.51. The molecule has 0 spiro atoms. The van der Waals surface area contributed by atoms with Gasteiger partial charge in [-0.2, -0.15) is 0 Å². The molecule has 1 saturated carbocycles. The minimum Gasteiger partial charge on any atom is -0.490 e. The van der Waals surface area contributed by atoms with Gasteiger partial charge in [-0.25, -0.2) is 0 Å². The lowest BCUT2D eigenvalue weighted by atomic mass is 9.94. The van der Waals surface area contributed by atoms with Gasteiger partial charge in [0.2, 0.25) is 0 Å². The van der Waals surface area contributed by atoms with E-state index in [2.05, 4.69) is 25.1 Å². The van der Waals surface area contributed by atoms with Gasteiger partial charge in [-0.15, -0.1) is 0 Å². The Balaban J connectivity index is 1.51. The molecule has 6 heteroatoms. The number of thiocarbonyl (C=S) groups is 1. The summed E-state index contributed by atoms with van der Waals surface area (Å²) in [6.45, 7) is 5.03. The molecule has 1 aliphatic heterocycles. The van der Waals surface area contributed by atoms with Crippen molar-refractivity contribution >= 4 is 40.3 Å². The van der Waals surface area contributed by atoms with Crippen molar-refractivity contribution in [2.24, 2.45) is 0 Å². The van der Waals surface area contributed by atoms with Gasteiger partial charge in [0.25, 0.3) is 5.91 Å². The number of thioether (sulfide) groups is 1. The number of rotatable bonds is 7. The highest BCUT2D eigenvalue weighted by Crippen LogP contribution is 2.38. The van der Waals surface area contributed by atoms with E-state index < -0.39 is 0 Å². The minimum absolute atomic E-state index is 0.0321. The molecule has 4 nitrogen and oxygen atoms in total. The van der Waals surface area contributed by atoms with Crippen LogP contribution in [0.15, 0.2) is 47.4 Å². The molecule has 0 aromatic heterocycles. The van der Waals surface area contributed by atoms with Crippen LogP contribution >= 0.6 is 24.0 Å². The number of nitrogens with zero attached hydrogens (tertiary/aromatic N) is 1. The fourth-order valence-corrected chi connectivity index (χ4v) is 5.65. The average Bonchev–Trinajstić information content (AvgIpc) is 3.07. The van der Waals surface area contributed by atoms with Crippen LogP contribution in [0.3, 0.4) is 0 Å². The summed E-state index contributed by atoms with van der Waals surface area (Å²) in [5.41, 5.74) is 3.22. The Morgan fingerprint density at radius 2 is 1.91 bits per heavy atom. The fourth-order valence-electron chi connectivity index (χ4n) is 4.25. The fraction of sp³-hybridized carbons (Fsp3) is 0.385. The first kappa shape index (κ1) is 22.9. The summed E-state index contributed by atoms with van der Waals surface area (Å²) in [5, 5.41) is 0. The number of ether oxygens (including phenoxy) is 2. The van der Waals surface area contributed by atoms with Crippen LogP contribution < -0.4 is 9.47 Å². The SMILES string of the molecule is CCOc1cc(/C=C2/SC(=S)N(C3CCCCC3)C2=O)ccc1OCc1cccc(C)c1. The Morgan fingerprint density at radius 1 is 1.09 bits per heavy atom. The summed E-state index contributed by atoms with van der Waals surface area (Å²) in [6, 6.07) is 14.3. The van der Waals surface area contributed by atoms with E-state index in [0.717, 1.165) is 24.0 Å². The van der Waals surface area contributed by atoms with Crippen molar-refractivity contribution in [3.05, 3.63) is 64.1 Å². The third-order valence-corrected chi connectivity index (χ3v) is 7.14. The summed E-state index contributed by atoms with van der Waals surface area (Å²) in [6.07, 6.45) is 7.59. The number of hydrogen-bond donors (Lipinski definition) is 0. The number of amides is 1. The van der Waals surface area contributed by atoms with E-state index in [1.165, 1.54) is 36.6 Å². The van der Waals surface area contributed by atoms with Gasteiger partial charge in [0, 0.05) is 6.04 Å². The van der Waals surface area contributed by atoms with E-state index in [9.17, 15) is 4.79 Å². The van der Waals surface area contributed by atoms with E-state index in [1.54, 1.807) is 0 Å². The highest BCUT2D eigenvalue weighted by molar-refractivity contribution is 8.26. The molecule has 168 valence electrons. The molecule has 0 N–H and O–H groups in total. The van der Waals surface area contributed by atoms with E-state index in [4.69, 9.17) is 21.7 Å². The van der Waals surface area contributed by atoms with Gasteiger partial charge in [-0.1, -0.05) is 79.1 Å². The summed E-state index contributed by atoms with van der Waals surface area (Å²) in [4.78, 5) is 15.6. The van der Waals surface area contributed by atoms with Crippen molar-refractivity contribution < 1.29 is 14.3 Å². The monoisotopic (exact) mass is 467 g/mol. The number of aryl methyl sites for hydroxylation is 1. The highest BCUT2D eigenvalue weighted by Gasteiger charge is 2.37. The molecule has 4 rings (SSSR count). The van der Waals surface area contributed by atoms with Crippen molar-refractivity contribution in [3.8, 4) is 11.5 Å². The van der Waals surface area contributed by atoms with E-state index >= 15 is 0 Å². The third kappa shape index (κ3) is 5.36. The molecule has 2 fully saturated rings. The summed E-state index contributed by atoms with van der Waals surface area (Å²) < 4.78 is 12.6. The molecule has 0 atom stereocenters. The van der Waals surface area contributed by atoms with Crippen molar-refractivity contribution in [2.75, 3.05) is 6.61 Å². The zero-order valence-electron chi connectivity index (χ0n) is 18.6. The van der Waals surface area contributed by atoms with Crippen molar-refractivity contribution in [3.63, 3.8) is 0 Å². The Hall–Kier alpha value is -2.31. The first-order valence-electron chi connectivity index (χ1n) is 11.3. The lowest BCUT2D eigenvalue weighted by Gasteiger charge is -2.29. The maximum absolute atomic E-state index is 13.1. The molecule has 32 heavy (non-hydrogen) atoms. The van der Waals surface area contributed by atoms with Gasteiger partial charge in [-0.05, 0) is 56.0 Å². The summed E-state index contributed by atoms with van der Waals surface area (Å²) >= 11 is 6.95. The highest BCUT2D eigenvalue weighted by atomic mass is 32.2. The summed E-state index contributed by atoms with van der Waals surface area (Å²) in [5.74, 6) is 1.40. The second-order valence-electron chi connectivity index (χ2n) is 8.26. The van der Waals surface area contributed by atoms with Crippen LogP contribution in [0.25, 0.3) is 6.08 Å². The van der Waals surface area contributed by atoms with E-state index in [-0.39, 0.29) is 11.9 Å². The number of hydrogen-bond acceptors (Lipinski definition) is 5. The van der Waals surface area contributed by atoms with E-state index in [0.29, 0.717) is 33.9 Å². The lowest BCUT2D eigenvalue weighted by molar-refractivity contribution is -0.124. The van der Waals surface area contributed by atoms with Crippen molar-refractivity contribution in [2.45, 2.75) is 58.6 Å². The standard InChI is InChI=1S/C26H29NO3S2/c1-3-29-23-15-19(12-13-22(23)30-17-20-9-7-8-18(2)14-20)16-24-25(28)27(26(31)32-24)21-10-5-4-6-11-21/h7-9,12-16,21H,3-6,10-11,17H2,1-2H3/b24-16+. The number of carbonyl (C=O) groups excluding carboxylic acids is 1. The first-order valence-corrected chi connectivity index (χ1v) is 12.5. The quantitative estimate of drug-likeness (QED) is 0.343. The summed E-state index contributed by atoms with van der Waals surface area (Å²) in [7, 11) is 0. The van der Waals surface area contributed by atoms with Crippen molar-refractivity contribution in [1.29, 1.82) is 0 Å². The molecule has 2 aromatic rings. The topological polar surface area (TPSA) is 38.8 Å². The second kappa shape index (κ2) is 10.5. The van der Waals surface area contributed by atoms with Crippen molar-refractivity contribution in [1.82, 2.24) is 4.90 Å². The molecule has 2 aromatic carbocycles. The molecule has 1 heterocycles. The Bertz CT molecular complexity index is 1030. The molecule has 0 unspecified atom stereocenters. The van der Waals surface area contributed by atoms with E-state index in [1.807, 2.05) is 42.2 Å². The van der Waals surface area contributed by atoms with Gasteiger partial charge in [0.15, 0.2) is 11.5 Å². The molecule has 2 aliphatic rings. The Kier molecular flexibility index (Phi) is 7.53. The van der Waals surface area contributed by atoms with Gasteiger partial charge in [0.1, 0.15) is 10.9 Å². The maximum atomic E-state index is 13.1. The Morgan fingerprint density at radius 3 is 2.66 bits per heavy atom. The van der Waals surface area contributed by atoms with Crippen LogP contribution in [0, 0.1) is 6.92 Å². The van der Waals surface area contributed by atoms with Crippen LogP contribution in [-0.2, 0) is 11.4 Å². The average molecular weight is 468 g/mol. The van der Waals surface area contributed by atoms with Crippen LogP contribution in [-0.4, -0.2) is 27.8 Å². The third-order valence-electron chi connectivity index (χ3n) is 5.81.